The zero-order valence-corrected chi connectivity index (χ0v) is 21.9. The summed E-state index contributed by atoms with van der Waals surface area (Å²) in [4.78, 5) is 31.9. The van der Waals surface area contributed by atoms with Gasteiger partial charge in [0.05, 0.1) is 37.4 Å². The number of morpholine rings is 1. The molecular weight excluding hydrogens is 456 g/mol. The maximum absolute atomic E-state index is 13.9. The molecule has 1 amide bonds. The van der Waals surface area contributed by atoms with Gasteiger partial charge in [0, 0.05) is 26.2 Å². The first-order valence-electron chi connectivity index (χ1n) is 13.8. The lowest BCUT2D eigenvalue weighted by Gasteiger charge is -2.40. The summed E-state index contributed by atoms with van der Waals surface area (Å²) in [7, 11) is 0. The van der Waals surface area contributed by atoms with Gasteiger partial charge in [-0.05, 0) is 55.2 Å². The van der Waals surface area contributed by atoms with Crippen LogP contribution in [0.15, 0.2) is 35.6 Å². The molecule has 1 aromatic rings. The fraction of sp³-hybridized carbons (Fsp3) is 0.655. The maximum atomic E-state index is 13.9. The number of ketones is 1. The fourth-order valence-corrected chi connectivity index (χ4v) is 6.14. The lowest BCUT2D eigenvalue weighted by molar-refractivity contribution is -0.137. The summed E-state index contributed by atoms with van der Waals surface area (Å²) in [6.45, 7) is 12.0. The molecule has 3 heterocycles. The van der Waals surface area contributed by atoms with E-state index in [0.29, 0.717) is 36.3 Å². The van der Waals surface area contributed by atoms with Gasteiger partial charge in [0.2, 0.25) is 0 Å². The van der Waals surface area contributed by atoms with E-state index >= 15 is 0 Å². The molecule has 7 heteroatoms. The number of ether oxygens (including phenoxy) is 3. The van der Waals surface area contributed by atoms with Crippen LogP contribution >= 0.6 is 0 Å². The normalized spacial score (nSPS) is 30.8. The van der Waals surface area contributed by atoms with Gasteiger partial charge in [0.1, 0.15) is 11.9 Å². The second-order valence-corrected chi connectivity index (χ2v) is 10.9. The number of hydrogen-bond acceptors (Lipinski definition) is 6. The number of amides is 1. The van der Waals surface area contributed by atoms with Crippen molar-refractivity contribution in [1.29, 1.82) is 0 Å². The Bertz CT molecular complexity index is 984. The van der Waals surface area contributed by atoms with E-state index in [1.165, 1.54) is 0 Å². The van der Waals surface area contributed by atoms with E-state index in [1.807, 2.05) is 29.2 Å². The van der Waals surface area contributed by atoms with E-state index in [9.17, 15) is 9.59 Å². The van der Waals surface area contributed by atoms with Crippen LogP contribution in [-0.2, 0) is 19.1 Å². The molecule has 1 aromatic carbocycles. The highest BCUT2D eigenvalue weighted by Gasteiger charge is 2.53. The van der Waals surface area contributed by atoms with Crippen molar-refractivity contribution in [2.24, 2.45) is 17.8 Å². The number of carbonyl (C=O) groups excluding carboxylic acids is 2. The first-order chi connectivity index (χ1) is 17.5. The van der Waals surface area contributed by atoms with E-state index in [2.05, 4.69) is 25.7 Å². The fourth-order valence-electron chi connectivity index (χ4n) is 6.14. The van der Waals surface area contributed by atoms with Gasteiger partial charge in [-0.2, -0.15) is 0 Å². The highest BCUT2D eigenvalue weighted by molar-refractivity contribution is 6.11. The van der Waals surface area contributed by atoms with Gasteiger partial charge in [-0.15, -0.1) is 0 Å². The molecule has 0 spiro atoms. The Kier molecular flexibility index (Phi) is 7.68. The number of nitrogens with zero attached hydrogens (tertiary/aromatic N) is 2. The van der Waals surface area contributed by atoms with Gasteiger partial charge in [0.25, 0.3) is 5.91 Å². The molecule has 0 N–H and O–H groups in total. The second-order valence-electron chi connectivity index (χ2n) is 10.9. The average Bonchev–Trinajstić information content (AvgIpc) is 3.17. The Morgan fingerprint density at radius 3 is 2.44 bits per heavy atom. The first-order valence-corrected chi connectivity index (χ1v) is 13.8. The number of benzene rings is 1. The molecule has 7 nitrogen and oxygen atoms in total. The Morgan fingerprint density at radius 1 is 1.00 bits per heavy atom. The van der Waals surface area contributed by atoms with Crippen molar-refractivity contribution >= 4 is 11.7 Å². The van der Waals surface area contributed by atoms with Crippen molar-refractivity contribution in [2.75, 3.05) is 46.0 Å². The summed E-state index contributed by atoms with van der Waals surface area (Å²) >= 11 is 0. The summed E-state index contributed by atoms with van der Waals surface area (Å²) in [6, 6.07) is 7.49. The number of fused-ring (bicyclic) bond motifs is 1. The highest BCUT2D eigenvalue weighted by Crippen LogP contribution is 2.48. The SMILES string of the molecule is CCCOc1ccc(C2C3=C(OC4CC(C)C(C)CC4C3=O)C(=O)N2CCCN2CCOCC2)cc1. The second kappa shape index (κ2) is 10.9. The molecule has 196 valence electrons. The average molecular weight is 497 g/mol. The molecule has 4 aliphatic rings. The number of carbonyl (C=O) groups is 2. The summed E-state index contributed by atoms with van der Waals surface area (Å²) in [5.41, 5.74) is 1.51. The molecule has 1 aliphatic carbocycles. The minimum absolute atomic E-state index is 0.111. The Labute approximate surface area is 214 Å². The Hall–Kier alpha value is -2.38. The Balaban J connectivity index is 1.41. The molecular formula is C29H40N2O5. The van der Waals surface area contributed by atoms with Crippen molar-refractivity contribution < 1.29 is 23.8 Å². The third-order valence-electron chi connectivity index (χ3n) is 8.45. The molecule has 5 rings (SSSR count). The number of hydrogen-bond donors (Lipinski definition) is 0. The molecule has 0 radical (unpaired) electrons. The van der Waals surface area contributed by atoms with Crippen LogP contribution < -0.4 is 4.74 Å². The van der Waals surface area contributed by atoms with Gasteiger partial charge in [0.15, 0.2) is 11.5 Å². The van der Waals surface area contributed by atoms with Gasteiger partial charge in [-0.3, -0.25) is 14.5 Å². The van der Waals surface area contributed by atoms with E-state index < -0.39 is 6.04 Å². The van der Waals surface area contributed by atoms with Crippen molar-refractivity contribution in [2.45, 2.75) is 58.6 Å². The number of rotatable bonds is 8. The summed E-state index contributed by atoms with van der Waals surface area (Å²) in [6.07, 6.45) is 3.24. The topological polar surface area (TPSA) is 68.3 Å². The molecule has 2 fully saturated rings. The first kappa shape index (κ1) is 25.3. The largest absolute Gasteiger partial charge is 0.494 e. The molecule has 0 aromatic heterocycles. The third-order valence-corrected chi connectivity index (χ3v) is 8.45. The predicted molar refractivity (Wildman–Crippen MR) is 137 cm³/mol. The van der Waals surface area contributed by atoms with Gasteiger partial charge in [-0.1, -0.05) is 32.9 Å². The van der Waals surface area contributed by atoms with Crippen LogP contribution in [0.25, 0.3) is 0 Å². The van der Waals surface area contributed by atoms with Gasteiger partial charge >= 0.3 is 0 Å². The van der Waals surface area contributed by atoms with Crippen LogP contribution in [0.2, 0.25) is 0 Å². The molecule has 1 saturated carbocycles. The minimum Gasteiger partial charge on any atom is -0.494 e. The van der Waals surface area contributed by atoms with Crippen LogP contribution in [0.1, 0.15) is 58.1 Å². The summed E-state index contributed by atoms with van der Waals surface area (Å²) in [5.74, 6) is 1.86. The Morgan fingerprint density at radius 2 is 1.72 bits per heavy atom. The van der Waals surface area contributed by atoms with E-state index in [4.69, 9.17) is 14.2 Å². The summed E-state index contributed by atoms with van der Waals surface area (Å²) in [5, 5.41) is 0. The molecule has 3 aliphatic heterocycles. The molecule has 1 saturated heterocycles. The van der Waals surface area contributed by atoms with Crippen LogP contribution in [0, 0.1) is 17.8 Å². The molecule has 0 bridgehead atoms. The zero-order chi connectivity index (χ0) is 25.2. The number of Topliss-reactive ketones (excluding diaryl/α,β-unsaturated/α-hetero) is 1. The molecule has 5 unspecified atom stereocenters. The lowest BCUT2D eigenvalue weighted by atomic mass is 9.70. The van der Waals surface area contributed by atoms with Gasteiger partial charge in [-0.25, -0.2) is 0 Å². The van der Waals surface area contributed by atoms with Crippen molar-refractivity contribution in [3.05, 3.63) is 41.2 Å². The van der Waals surface area contributed by atoms with E-state index in [-0.39, 0.29) is 23.7 Å². The van der Waals surface area contributed by atoms with Gasteiger partial charge < -0.3 is 19.1 Å². The lowest BCUT2D eigenvalue weighted by Crippen LogP contribution is -2.43. The maximum Gasteiger partial charge on any atom is 0.290 e. The quantitative estimate of drug-likeness (QED) is 0.542. The summed E-state index contributed by atoms with van der Waals surface area (Å²) < 4.78 is 17.6. The monoisotopic (exact) mass is 496 g/mol. The van der Waals surface area contributed by atoms with E-state index in [0.717, 1.165) is 69.8 Å². The van der Waals surface area contributed by atoms with Crippen LogP contribution in [0.4, 0.5) is 0 Å². The van der Waals surface area contributed by atoms with Crippen molar-refractivity contribution in [1.82, 2.24) is 9.80 Å². The molecule has 5 atom stereocenters. The van der Waals surface area contributed by atoms with Crippen molar-refractivity contribution in [3.8, 4) is 5.75 Å². The zero-order valence-electron chi connectivity index (χ0n) is 21.9. The van der Waals surface area contributed by atoms with Crippen LogP contribution in [-0.4, -0.2) is 73.6 Å². The van der Waals surface area contributed by atoms with Crippen LogP contribution in [0.5, 0.6) is 5.75 Å². The smallest absolute Gasteiger partial charge is 0.290 e. The third kappa shape index (κ3) is 4.92. The van der Waals surface area contributed by atoms with Crippen molar-refractivity contribution in [3.63, 3.8) is 0 Å². The predicted octanol–water partition coefficient (Wildman–Crippen LogP) is 3.99. The minimum atomic E-state index is -0.402. The highest BCUT2D eigenvalue weighted by atomic mass is 16.5. The van der Waals surface area contributed by atoms with Crippen LogP contribution in [0.3, 0.4) is 0 Å². The standard InChI is InChI=1S/C29H40N2O5/c1-4-14-35-22-8-6-21(7-9-22)26-25-27(32)23-17-19(2)20(3)18-24(23)36-28(25)29(33)31(26)11-5-10-30-12-15-34-16-13-30/h6-9,19-20,23-24,26H,4-5,10-18H2,1-3H3. The van der Waals surface area contributed by atoms with E-state index in [1.54, 1.807) is 0 Å². The molecule has 36 heavy (non-hydrogen) atoms.